The molecular weight excluding hydrogens is 592 g/mol. The van der Waals surface area contributed by atoms with Crippen LogP contribution < -0.4 is 10.6 Å². The zero-order valence-corrected chi connectivity index (χ0v) is 27.5. The maximum absolute atomic E-state index is 13.7. The van der Waals surface area contributed by atoms with Crippen LogP contribution in [0.1, 0.15) is 71.4 Å². The summed E-state index contributed by atoms with van der Waals surface area (Å²) in [7, 11) is 0. The quantitative estimate of drug-likeness (QED) is 0.176. The van der Waals surface area contributed by atoms with E-state index in [9.17, 15) is 9.59 Å². The number of fused-ring (bicyclic) bond motifs is 2. The van der Waals surface area contributed by atoms with Gasteiger partial charge in [0.2, 0.25) is 0 Å². The molecule has 2 heterocycles. The number of amides is 2. The maximum atomic E-state index is 13.7. The van der Waals surface area contributed by atoms with E-state index in [4.69, 9.17) is 9.97 Å². The molecule has 1 aliphatic carbocycles. The van der Waals surface area contributed by atoms with Gasteiger partial charge in [-0.15, -0.1) is 0 Å². The molecule has 0 atom stereocenters. The number of benzene rings is 4. The Morgan fingerprint density at radius 1 is 0.562 bits per heavy atom. The fourth-order valence-electron chi connectivity index (χ4n) is 6.75. The van der Waals surface area contributed by atoms with Crippen molar-refractivity contribution in [3.05, 3.63) is 131 Å². The first-order valence-corrected chi connectivity index (χ1v) is 17.1. The van der Waals surface area contributed by atoms with E-state index in [1.165, 1.54) is 11.1 Å². The molecule has 0 aliphatic heterocycles. The monoisotopic (exact) mass is 632 g/mol. The highest BCUT2D eigenvalue weighted by Crippen LogP contribution is 2.28. The number of nitrogens with one attached hydrogen (secondary N) is 2. The number of para-hydroxylation sites is 2. The molecule has 240 valence electrons. The first-order valence-electron chi connectivity index (χ1n) is 17.1. The fraction of sp³-hybridized carbons (Fsp3) is 0.238. The van der Waals surface area contributed by atoms with Gasteiger partial charge in [-0.05, 0) is 73.9 Å². The Morgan fingerprint density at radius 2 is 0.938 bits per heavy atom. The molecule has 2 aromatic heterocycles. The van der Waals surface area contributed by atoms with E-state index >= 15 is 0 Å². The van der Waals surface area contributed by atoms with Gasteiger partial charge in [-0.25, -0.2) is 9.97 Å². The number of carbonyl (C=O) groups is 2. The van der Waals surface area contributed by atoms with E-state index in [1.54, 1.807) is 0 Å². The third-order valence-electron chi connectivity index (χ3n) is 9.64. The molecule has 7 rings (SSSR count). The zero-order valence-electron chi connectivity index (χ0n) is 27.5. The SMILES string of the molecule is CCc1ccc(-c2cc(C(=O)NC3CCC(NC(=O)c4cc(-c5ccc(CC)cc5)nc5ccccc45)CC3)c3ccccc3n2)cc1. The molecule has 2 amide bonds. The van der Waals surface area contributed by atoms with Gasteiger partial charge in [-0.1, -0.05) is 98.8 Å². The summed E-state index contributed by atoms with van der Waals surface area (Å²) in [4.78, 5) is 37.3. The lowest BCUT2D eigenvalue weighted by Gasteiger charge is -2.30. The van der Waals surface area contributed by atoms with Gasteiger partial charge < -0.3 is 10.6 Å². The van der Waals surface area contributed by atoms with Gasteiger partial charge >= 0.3 is 0 Å². The minimum absolute atomic E-state index is 0.0318. The summed E-state index contributed by atoms with van der Waals surface area (Å²) in [5.74, 6) is -0.175. The molecule has 4 aromatic carbocycles. The summed E-state index contributed by atoms with van der Waals surface area (Å²) in [6.45, 7) is 4.28. The second-order valence-corrected chi connectivity index (χ2v) is 12.7. The van der Waals surface area contributed by atoms with Gasteiger partial charge in [0.05, 0.1) is 33.5 Å². The molecule has 6 heteroatoms. The van der Waals surface area contributed by atoms with Crippen molar-refractivity contribution in [1.29, 1.82) is 0 Å². The van der Waals surface area contributed by atoms with Crippen LogP contribution in [0.5, 0.6) is 0 Å². The second kappa shape index (κ2) is 13.8. The average Bonchev–Trinajstić information content (AvgIpc) is 3.14. The van der Waals surface area contributed by atoms with Gasteiger partial charge in [-0.3, -0.25) is 9.59 Å². The molecule has 1 saturated carbocycles. The number of pyridine rings is 2. The highest BCUT2D eigenvalue weighted by molar-refractivity contribution is 6.08. The summed E-state index contributed by atoms with van der Waals surface area (Å²) in [5, 5.41) is 8.29. The van der Waals surface area contributed by atoms with Crippen molar-refractivity contribution < 1.29 is 9.59 Å². The molecule has 48 heavy (non-hydrogen) atoms. The number of hydrogen-bond donors (Lipinski definition) is 2. The maximum Gasteiger partial charge on any atom is 0.252 e. The van der Waals surface area contributed by atoms with E-state index in [-0.39, 0.29) is 23.9 Å². The molecule has 1 aliphatic rings. The summed E-state index contributed by atoms with van der Waals surface area (Å²) in [5.41, 5.74) is 8.97. The van der Waals surface area contributed by atoms with Crippen LogP contribution in [0, 0.1) is 0 Å². The summed E-state index contributed by atoms with van der Waals surface area (Å²) < 4.78 is 0. The predicted octanol–water partition coefficient (Wildman–Crippen LogP) is 8.71. The van der Waals surface area contributed by atoms with Crippen LogP contribution in [-0.4, -0.2) is 33.9 Å². The summed E-state index contributed by atoms with van der Waals surface area (Å²) >= 11 is 0. The average molecular weight is 633 g/mol. The van der Waals surface area contributed by atoms with Crippen LogP contribution in [0.2, 0.25) is 0 Å². The normalized spacial score (nSPS) is 16.1. The Morgan fingerprint density at radius 3 is 1.31 bits per heavy atom. The molecule has 6 aromatic rings. The van der Waals surface area contributed by atoms with Gasteiger partial charge in [0.15, 0.2) is 0 Å². The second-order valence-electron chi connectivity index (χ2n) is 12.7. The lowest BCUT2D eigenvalue weighted by Crippen LogP contribution is -2.44. The molecule has 0 unspecified atom stereocenters. The molecule has 0 bridgehead atoms. The fourth-order valence-corrected chi connectivity index (χ4v) is 6.75. The van der Waals surface area contributed by atoms with E-state index in [2.05, 4.69) is 73.0 Å². The smallest absolute Gasteiger partial charge is 0.252 e. The third kappa shape index (κ3) is 6.56. The van der Waals surface area contributed by atoms with Crippen LogP contribution in [0.15, 0.2) is 109 Å². The minimum atomic E-state index is -0.0877. The Balaban J connectivity index is 1.04. The topological polar surface area (TPSA) is 84.0 Å². The first-order chi connectivity index (χ1) is 23.5. The molecule has 0 radical (unpaired) electrons. The number of aromatic nitrogens is 2. The number of rotatable bonds is 8. The van der Waals surface area contributed by atoms with Gasteiger partial charge in [0.1, 0.15) is 0 Å². The molecule has 0 spiro atoms. The standard InChI is InChI=1S/C42H40N4O2/c1-3-27-13-17-29(18-14-27)39-25-35(33-9-5-7-11-37(33)45-39)41(47)43-31-21-23-32(24-22-31)44-42(48)36-26-40(30-19-15-28(4-2)16-20-30)46-38-12-8-6-10-34(36)38/h5-20,25-26,31-32H,3-4,21-24H2,1-2H3,(H,43,47)(H,44,48). The lowest BCUT2D eigenvalue weighted by molar-refractivity contribution is 0.0893. The van der Waals surface area contributed by atoms with Crippen molar-refractivity contribution in [2.24, 2.45) is 0 Å². The number of hydrogen-bond acceptors (Lipinski definition) is 4. The molecule has 1 fully saturated rings. The number of aryl methyl sites for hydroxylation is 2. The highest BCUT2D eigenvalue weighted by atomic mass is 16.2. The van der Waals surface area contributed by atoms with Crippen LogP contribution in [0.25, 0.3) is 44.3 Å². The van der Waals surface area contributed by atoms with Crippen molar-refractivity contribution in [3.63, 3.8) is 0 Å². The first kappa shape index (κ1) is 31.3. The van der Waals surface area contributed by atoms with E-state index in [0.717, 1.165) is 82.8 Å². The van der Waals surface area contributed by atoms with E-state index in [1.807, 2.05) is 60.7 Å². The van der Waals surface area contributed by atoms with Crippen LogP contribution >= 0.6 is 0 Å². The van der Waals surface area contributed by atoms with Crippen LogP contribution in [0.3, 0.4) is 0 Å². The predicted molar refractivity (Wildman–Crippen MR) is 194 cm³/mol. The zero-order chi connectivity index (χ0) is 33.0. The molecule has 6 nitrogen and oxygen atoms in total. The van der Waals surface area contributed by atoms with Crippen LogP contribution in [0.4, 0.5) is 0 Å². The van der Waals surface area contributed by atoms with Crippen molar-refractivity contribution in [2.75, 3.05) is 0 Å². The Hall–Kier alpha value is -5.36. The largest absolute Gasteiger partial charge is 0.349 e. The Bertz CT molecular complexity index is 1940. The third-order valence-corrected chi connectivity index (χ3v) is 9.64. The van der Waals surface area contributed by atoms with Crippen molar-refractivity contribution in [2.45, 2.75) is 64.5 Å². The van der Waals surface area contributed by atoms with E-state index in [0.29, 0.717) is 11.1 Å². The van der Waals surface area contributed by atoms with Crippen molar-refractivity contribution in [1.82, 2.24) is 20.6 Å². The highest BCUT2D eigenvalue weighted by Gasteiger charge is 2.26. The Labute approximate surface area is 281 Å². The van der Waals surface area contributed by atoms with Gasteiger partial charge in [0.25, 0.3) is 11.8 Å². The summed E-state index contributed by atoms with van der Waals surface area (Å²) in [6, 6.07) is 36.3. The number of carbonyl (C=O) groups excluding carboxylic acids is 2. The van der Waals surface area contributed by atoms with Gasteiger partial charge in [-0.2, -0.15) is 0 Å². The number of nitrogens with zero attached hydrogens (tertiary/aromatic N) is 2. The molecule has 2 N–H and O–H groups in total. The van der Waals surface area contributed by atoms with Gasteiger partial charge in [0, 0.05) is 34.0 Å². The Kier molecular flexibility index (Phi) is 8.97. The van der Waals surface area contributed by atoms with Crippen molar-refractivity contribution >= 4 is 33.6 Å². The molecular formula is C42H40N4O2. The minimum Gasteiger partial charge on any atom is -0.349 e. The van der Waals surface area contributed by atoms with Crippen molar-refractivity contribution in [3.8, 4) is 22.5 Å². The van der Waals surface area contributed by atoms with Crippen LogP contribution in [-0.2, 0) is 12.8 Å². The summed E-state index contributed by atoms with van der Waals surface area (Å²) in [6.07, 6.45) is 5.10. The molecule has 0 saturated heterocycles. The lowest BCUT2D eigenvalue weighted by atomic mass is 9.90. The van der Waals surface area contributed by atoms with E-state index < -0.39 is 0 Å².